The summed E-state index contributed by atoms with van der Waals surface area (Å²) in [6, 6.07) is 0. The highest BCUT2D eigenvalue weighted by molar-refractivity contribution is 9.09. The lowest BCUT2D eigenvalue weighted by atomic mass is 10.1. The molecule has 2 heteroatoms. The van der Waals surface area contributed by atoms with Crippen LogP contribution in [-0.2, 0) is 0 Å². The third-order valence-electron chi connectivity index (χ3n) is 2.86. The number of unbranched alkanes of at least 4 members (excludes halogenated alkanes) is 4. The molecule has 0 aliphatic rings. The van der Waals surface area contributed by atoms with E-state index in [2.05, 4.69) is 75.2 Å². The van der Waals surface area contributed by atoms with E-state index in [1.165, 1.54) is 44.9 Å². The molecule has 0 N–H and O–H groups in total. The summed E-state index contributed by atoms with van der Waals surface area (Å²) >= 11 is 7.09. The van der Waals surface area contributed by atoms with E-state index < -0.39 is 0 Å². The maximum Gasteiger partial charge on any atom is 0.0325 e. The highest BCUT2D eigenvalue weighted by atomic mass is 79.9. The van der Waals surface area contributed by atoms with E-state index in [1.807, 2.05) is 0 Å². The molecule has 0 nitrogen and oxygen atoms in total. The van der Waals surface area contributed by atoms with Crippen LogP contribution in [0.1, 0.15) is 58.3 Å². The largest absolute Gasteiger partial charge is 0.0883 e. The predicted molar refractivity (Wildman–Crippen MR) is 96.5 cm³/mol. The van der Waals surface area contributed by atoms with Crippen LogP contribution in [0, 0.1) is 0 Å². The predicted octanol–water partition coefficient (Wildman–Crippen LogP) is 6.95. The zero-order valence-corrected chi connectivity index (χ0v) is 15.3. The molecule has 0 rings (SSSR count). The molecule has 0 aliphatic carbocycles. The molecular formula is C17H28Br2. The molecule has 0 aromatic carbocycles. The summed E-state index contributed by atoms with van der Waals surface area (Å²) < 4.78 is 0. The van der Waals surface area contributed by atoms with Crippen molar-refractivity contribution < 1.29 is 0 Å². The van der Waals surface area contributed by atoms with E-state index in [-0.39, 0.29) is 0 Å². The molecule has 110 valence electrons. The van der Waals surface area contributed by atoms with E-state index in [1.54, 1.807) is 0 Å². The monoisotopic (exact) mass is 390 g/mol. The van der Waals surface area contributed by atoms with Crippen LogP contribution in [0.15, 0.2) is 36.5 Å². The lowest BCUT2D eigenvalue weighted by molar-refractivity contribution is 0.725. The van der Waals surface area contributed by atoms with Crippen molar-refractivity contribution in [2.24, 2.45) is 0 Å². The van der Waals surface area contributed by atoms with E-state index in [0.717, 1.165) is 11.8 Å². The fourth-order valence-corrected chi connectivity index (χ4v) is 2.54. The van der Waals surface area contributed by atoms with E-state index in [9.17, 15) is 0 Å². The quantitative estimate of drug-likeness (QED) is 0.191. The minimum Gasteiger partial charge on any atom is -0.0883 e. The van der Waals surface area contributed by atoms with Crippen LogP contribution in [-0.4, -0.2) is 10.2 Å². The van der Waals surface area contributed by atoms with Gasteiger partial charge >= 0.3 is 0 Å². The van der Waals surface area contributed by atoms with Crippen molar-refractivity contribution in [3.05, 3.63) is 36.5 Å². The molecule has 1 atom stereocenters. The first-order chi connectivity index (χ1) is 9.31. The Bertz CT molecular complexity index is 254. The van der Waals surface area contributed by atoms with Crippen LogP contribution >= 0.6 is 31.9 Å². The molecule has 1 unspecified atom stereocenters. The van der Waals surface area contributed by atoms with Gasteiger partial charge in [0.1, 0.15) is 0 Å². The molecule has 0 bridgehead atoms. The molecule has 0 saturated carbocycles. The van der Waals surface area contributed by atoms with Crippen LogP contribution in [0.25, 0.3) is 0 Å². The molecule has 0 fully saturated rings. The van der Waals surface area contributed by atoms with Gasteiger partial charge in [0.05, 0.1) is 0 Å². The Morgan fingerprint density at radius 2 is 1.63 bits per heavy atom. The number of halogens is 2. The van der Waals surface area contributed by atoms with Gasteiger partial charge in [0.15, 0.2) is 0 Å². The second-order valence-electron chi connectivity index (χ2n) is 4.70. The van der Waals surface area contributed by atoms with Gasteiger partial charge in [0.2, 0.25) is 0 Å². The molecule has 0 amide bonds. The smallest absolute Gasteiger partial charge is 0.0325 e. The lowest BCUT2D eigenvalue weighted by Crippen LogP contribution is -1.91. The average Bonchev–Trinajstić information content (AvgIpc) is 2.41. The van der Waals surface area contributed by atoms with E-state index in [4.69, 9.17) is 0 Å². The minimum absolute atomic E-state index is 0.552. The van der Waals surface area contributed by atoms with Gasteiger partial charge in [-0.3, -0.25) is 0 Å². The van der Waals surface area contributed by atoms with Gasteiger partial charge in [-0.15, -0.1) is 0 Å². The van der Waals surface area contributed by atoms with Crippen LogP contribution in [0.4, 0.5) is 0 Å². The Morgan fingerprint density at radius 3 is 2.37 bits per heavy atom. The van der Waals surface area contributed by atoms with Crippen molar-refractivity contribution in [2.45, 2.75) is 63.1 Å². The van der Waals surface area contributed by atoms with Crippen molar-refractivity contribution in [3.63, 3.8) is 0 Å². The number of hydrogen-bond acceptors (Lipinski definition) is 0. The van der Waals surface area contributed by atoms with Gasteiger partial charge in [-0.2, -0.15) is 0 Å². The first-order valence-corrected chi connectivity index (χ1v) is 9.51. The maximum atomic E-state index is 3.72. The number of hydrogen-bond donors (Lipinski definition) is 0. The van der Waals surface area contributed by atoms with Crippen LogP contribution < -0.4 is 0 Å². The summed E-state index contributed by atoms with van der Waals surface area (Å²) in [5.41, 5.74) is 0. The van der Waals surface area contributed by atoms with Gasteiger partial charge in [-0.25, -0.2) is 0 Å². The second-order valence-corrected chi connectivity index (χ2v) is 6.53. The summed E-state index contributed by atoms with van der Waals surface area (Å²) in [5, 5.41) is 0.955. The fraction of sp³-hybridized carbons (Fsp3) is 0.647. The van der Waals surface area contributed by atoms with Crippen LogP contribution in [0.2, 0.25) is 0 Å². The molecule has 19 heavy (non-hydrogen) atoms. The van der Waals surface area contributed by atoms with E-state index in [0.29, 0.717) is 4.83 Å². The normalized spacial score (nSPS) is 14.1. The molecule has 0 aromatic heterocycles. The topological polar surface area (TPSA) is 0 Å². The highest BCUT2D eigenvalue weighted by Gasteiger charge is 1.97. The van der Waals surface area contributed by atoms with Gasteiger partial charge in [0, 0.05) is 10.2 Å². The zero-order valence-electron chi connectivity index (χ0n) is 12.2. The van der Waals surface area contributed by atoms with E-state index >= 15 is 0 Å². The molecule has 0 saturated heterocycles. The SMILES string of the molecule is CCCCC/C=C\C(Br)CCCC=CCC=CCBr. The average molecular weight is 392 g/mol. The Kier molecular flexibility index (Phi) is 16.4. The zero-order chi connectivity index (χ0) is 14.2. The second kappa shape index (κ2) is 16.2. The van der Waals surface area contributed by atoms with Crippen molar-refractivity contribution in [3.8, 4) is 0 Å². The van der Waals surface area contributed by atoms with Crippen LogP contribution in [0.5, 0.6) is 0 Å². The number of allylic oxidation sites excluding steroid dienone is 6. The standard InChI is InChI=1S/C17H28Br2/c1-2-3-4-8-11-14-17(19)15-12-9-6-5-7-10-13-16-18/h5-6,10-11,13-14,17H,2-4,7-9,12,15-16H2,1H3/b6-5?,13-10?,14-11-. The fourth-order valence-electron chi connectivity index (χ4n) is 1.73. The minimum atomic E-state index is 0.552. The first-order valence-electron chi connectivity index (χ1n) is 7.48. The number of rotatable bonds is 12. The summed E-state index contributed by atoms with van der Waals surface area (Å²) in [4.78, 5) is 0.552. The van der Waals surface area contributed by atoms with Crippen molar-refractivity contribution in [1.82, 2.24) is 0 Å². The Morgan fingerprint density at radius 1 is 0.895 bits per heavy atom. The summed E-state index contributed by atoms with van der Waals surface area (Å²) in [5.74, 6) is 0. The molecular weight excluding hydrogens is 364 g/mol. The maximum absolute atomic E-state index is 3.72. The molecule has 0 radical (unpaired) electrons. The van der Waals surface area contributed by atoms with Gasteiger partial charge < -0.3 is 0 Å². The van der Waals surface area contributed by atoms with Gasteiger partial charge in [0.25, 0.3) is 0 Å². The highest BCUT2D eigenvalue weighted by Crippen LogP contribution is 2.13. The molecule has 0 aliphatic heterocycles. The Balaban J connectivity index is 3.42. The lowest BCUT2D eigenvalue weighted by Gasteiger charge is -2.02. The van der Waals surface area contributed by atoms with Crippen LogP contribution in [0.3, 0.4) is 0 Å². The van der Waals surface area contributed by atoms with Crippen molar-refractivity contribution >= 4 is 31.9 Å². The van der Waals surface area contributed by atoms with Crippen molar-refractivity contribution in [2.75, 3.05) is 5.33 Å². The Labute approximate surface area is 136 Å². The van der Waals surface area contributed by atoms with Gasteiger partial charge in [-0.05, 0) is 38.5 Å². The van der Waals surface area contributed by atoms with Gasteiger partial charge in [-0.1, -0.05) is 88.1 Å². The summed E-state index contributed by atoms with van der Waals surface area (Å²) in [6.45, 7) is 2.25. The molecule has 0 spiro atoms. The summed E-state index contributed by atoms with van der Waals surface area (Å²) in [7, 11) is 0. The Hall–Kier alpha value is 0.180. The third kappa shape index (κ3) is 16.1. The molecule has 0 aromatic rings. The van der Waals surface area contributed by atoms with Crippen molar-refractivity contribution in [1.29, 1.82) is 0 Å². The number of alkyl halides is 2. The molecule has 0 heterocycles. The first kappa shape index (κ1) is 19.2. The summed E-state index contributed by atoms with van der Waals surface area (Å²) in [6.07, 6.45) is 23.5. The third-order valence-corrected chi connectivity index (χ3v) is 4.00.